The number of piperazine rings is 1. The zero-order chi connectivity index (χ0) is 19.8. The molecule has 2 aromatic carbocycles. The number of nitrogens with zero attached hydrogens (tertiary/aromatic N) is 3. The number of rotatable bonds is 8. The molecule has 0 radical (unpaired) electrons. The first-order valence-corrected chi connectivity index (χ1v) is 9.72. The minimum absolute atomic E-state index is 0.132. The SMILES string of the molecule is CN(CCOc1ccccc1F)CC(=O)N1CCN(Cc2ccccc2)CC1. The third-order valence-electron chi connectivity index (χ3n) is 4.95. The van der Waals surface area contributed by atoms with E-state index in [-0.39, 0.29) is 17.5 Å². The first kappa shape index (κ1) is 20.3. The highest BCUT2D eigenvalue weighted by atomic mass is 19.1. The third kappa shape index (κ3) is 6.04. The highest BCUT2D eigenvalue weighted by molar-refractivity contribution is 5.78. The number of ether oxygens (including phenoxy) is 1. The number of benzene rings is 2. The van der Waals surface area contributed by atoms with Crippen molar-refractivity contribution in [2.75, 3.05) is 52.9 Å². The number of carbonyl (C=O) groups is 1. The van der Waals surface area contributed by atoms with E-state index in [0.29, 0.717) is 19.7 Å². The first-order chi connectivity index (χ1) is 13.6. The van der Waals surface area contributed by atoms with Crippen molar-refractivity contribution in [2.45, 2.75) is 6.54 Å². The molecule has 0 atom stereocenters. The van der Waals surface area contributed by atoms with Gasteiger partial charge in [-0.25, -0.2) is 4.39 Å². The molecule has 3 rings (SSSR count). The van der Waals surface area contributed by atoms with Gasteiger partial charge in [0.05, 0.1) is 6.54 Å². The van der Waals surface area contributed by atoms with Gasteiger partial charge < -0.3 is 9.64 Å². The molecule has 1 heterocycles. The molecule has 1 aliphatic rings. The van der Waals surface area contributed by atoms with Gasteiger partial charge >= 0.3 is 0 Å². The monoisotopic (exact) mass is 385 g/mol. The van der Waals surface area contributed by atoms with Crippen LogP contribution in [0, 0.1) is 5.82 Å². The molecule has 1 fully saturated rings. The van der Waals surface area contributed by atoms with Gasteiger partial charge in [0.25, 0.3) is 0 Å². The molecule has 6 heteroatoms. The van der Waals surface area contributed by atoms with Crippen LogP contribution in [0.4, 0.5) is 4.39 Å². The highest BCUT2D eigenvalue weighted by Crippen LogP contribution is 2.15. The van der Waals surface area contributed by atoms with E-state index in [1.807, 2.05) is 22.9 Å². The zero-order valence-corrected chi connectivity index (χ0v) is 16.4. The number of amides is 1. The smallest absolute Gasteiger partial charge is 0.236 e. The molecule has 0 spiro atoms. The minimum Gasteiger partial charge on any atom is -0.489 e. The van der Waals surface area contributed by atoms with Gasteiger partial charge in [0.1, 0.15) is 6.61 Å². The lowest BCUT2D eigenvalue weighted by Crippen LogP contribution is -2.50. The Labute approximate surface area is 166 Å². The van der Waals surface area contributed by atoms with Crippen LogP contribution >= 0.6 is 0 Å². The van der Waals surface area contributed by atoms with Gasteiger partial charge in [0, 0.05) is 39.3 Å². The largest absolute Gasteiger partial charge is 0.489 e. The summed E-state index contributed by atoms with van der Waals surface area (Å²) in [5.74, 6) is 0.0131. The van der Waals surface area contributed by atoms with E-state index in [1.165, 1.54) is 11.6 Å². The molecule has 2 aromatic rings. The fourth-order valence-corrected chi connectivity index (χ4v) is 3.28. The standard InChI is InChI=1S/C22H28FN3O2/c1-24(15-16-28-21-10-6-5-9-20(21)23)18-22(27)26-13-11-25(12-14-26)17-19-7-3-2-4-8-19/h2-10H,11-18H2,1H3. The Hall–Kier alpha value is -2.44. The van der Waals surface area contributed by atoms with Crippen molar-refractivity contribution < 1.29 is 13.9 Å². The molecule has 1 aliphatic heterocycles. The maximum atomic E-state index is 13.5. The minimum atomic E-state index is -0.366. The molecule has 0 bridgehead atoms. The van der Waals surface area contributed by atoms with Crippen LogP contribution in [0.25, 0.3) is 0 Å². The quantitative estimate of drug-likeness (QED) is 0.700. The van der Waals surface area contributed by atoms with E-state index in [1.54, 1.807) is 18.2 Å². The molecule has 0 aliphatic carbocycles. The van der Waals surface area contributed by atoms with E-state index in [0.717, 1.165) is 32.7 Å². The Kier molecular flexibility index (Phi) is 7.39. The summed E-state index contributed by atoms with van der Waals surface area (Å²) in [4.78, 5) is 18.7. The molecule has 0 unspecified atom stereocenters. The van der Waals surface area contributed by atoms with Crippen molar-refractivity contribution in [2.24, 2.45) is 0 Å². The average molecular weight is 385 g/mol. The summed E-state index contributed by atoms with van der Waals surface area (Å²) >= 11 is 0. The van der Waals surface area contributed by atoms with Crippen LogP contribution in [0.3, 0.4) is 0 Å². The summed E-state index contributed by atoms with van der Waals surface area (Å²) < 4.78 is 19.0. The number of hydrogen-bond donors (Lipinski definition) is 0. The van der Waals surface area contributed by atoms with Crippen LogP contribution in [0.1, 0.15) is 5.56 Å². The van der Waals surface area contributed by atoms with Crippen LogP contribution in [-0.2, 0) is 11.3 Å². The lowest BCUT2D eigenvalue weighted by atomic mass is 10.2. The Morgan fingerprint density at radius 3 is 2.43 bits per heavy atom. The van der Waals surface area contributed by atoms with E-state index < -0.39 is 0 Å². The van der Waals surface area contributed by atoms with Gasteiger partial charge in [-0.15, -0.1) is 0 Å². The van der Waals surface area contributed by atoms with E-state index in [2.05, 4.69) is 29.2 Å². The summed E-state index contributed by atoms with van der Waals surface area (Å²) in [5, 5.41) is 0. The van der Waals surface area contributed by atoms with Crippen LogP contribution in [0.15, 0.2) is 54.6 Å². The molecule has 0 aromatic heterocycles. The second-order valence-electron chi connectivity index (χ2n) is 7.16. The molecule has 0 saturated carbocycles. The van der Waals surface area contributed by atoms with Crippen molar-refractivity contribution in [3.8, 4) is 5.75 Å². The van der Waals surface area contributed by atoms with E-state index >= 15 is 0 Å². The molecule has 1 amide bonds. The van der Waals surface area contributed by atoms with Crippen LogP contribution in [0.5, 0.6) is 5.75 Å². The van der Waals surface area contributed by atoms with E-state index in [9.17, 15) is 9.18 Å². The number of halogens is 1. The molecule has 1 saturated heterocycles. The van der Waals surface area contributed by atoms with Gasteiger partial charge in [-0.05, 0) is 24.7 Å². The lowest BCUT2D eigenvalue weighted by Gasteiger charge is -2.35. The number of carbonyl (C=O) groups excluding carboxylic acids is 1. The van der Waals surface area contributed by atoms with Crippen molar-refractivity contribution in [1.29, 1.82) is 0 Å². The Balaban J connectivity index is 1.35. The van der Waals surface area contributed by atoms with Crippen molar-refractivity contribution >= 4 is 5.91 Å². The van der Waals surface area contributed by atoms with Crippen molar-refractivity contribution in [3.05, 3.63) is 66.0 Å². The lowest BCUT2D eigenvalue weighted by molar-refractivity contribution is -0.134. The van der Waals surface area contributed by atoms with Gasteiger partial charge in [-0.2, -0.15) is 0 Å². The van der Waals surface area contributed by atoms with Crippen LogP contribution in [-0.4, -0.2) is 73.5 Å². The fraction of sp³-hybridized carbons (Fsp3) is 0.409. The average Bonchev–Trinajstić information content (AvgIpc) is 2.71. The molecule has 28 heavy (non-hydrogen) atoms. The Morgan fingerprint density at radius 1 is 1.04 bits per heavy atom. The fourth-order valence-electron chi connectivity index (χ4n) is 3.28. The molecular weight excluding hydrogens is 357 g/mol. The summed E-state index contributed by atoms with van der Waals surface area (Å²) in [6.07, 6.45) is 0. The predicted molar refractivity (Wildman–Crippen MR) is 108 cm³/mol. The number of likely N-dealkylation sites (N-methyl/N-ethyl adjacent to an activating group) is 1. The maximum Gasteiger partial charge on any atom is 0.236 e. The Morgan fingerprint density at radius 2 is 1.71 bits per heavy atom. The highest BCUT2D eigenvalue weighted by Gasteiger charge is 2.21. The van der Waals surface area contributed by atoms with Crippen LogP contribution < -0.4 is 4.74 Å². The molecular formula is C22H28FN3O2. The topological polar surface area (TPSA) is 36.0 Å². The predicted octanol–water partition coefficient (Wildman–Crippen LogP) is 2.48. The first-order valence-electron chi connectivity index (χ1n) is 9.72. The van der Waals surface area contributed by atoms with Gasteiger partial charge in [0.2, 0.25) is 5.91 Å². The number of para-hydroxylation sites is 1. The van der Waals surface area contributed by atoms with Crippen molar-refractivity contribution in [3.63, 3.8) is 0 Å². The van der Waals surface area contributed by atoms with Gasteiger partial charge in [-0.1, -0.05) is 42.5 Å². The van der Waals surface area contributed by atoms with Crippen molar-refractivity contribution in [1.82, 2.24) is 14.7 Å². The van der Waals surface area contributed by atoms with Gasteiger partial charge in [0.15, 0.2) is 11.6 Å². The van der Waals surface area contributed by atoms with E-state index in [4.69, 9.17) is 4.74 Å². The second kappa shape index (κ2) is 10.2. The zero-order valence-electron chi connectivity index (χ0n) is 16.4. The normalized spacial score (nSPS) is 15.0. The summed E-state index contributed by atoms with van der Waals surface area (Å²) in [5.41, 5.74) is 1.30. The third-order valence-corrected chi connectivity index (χ3v) is 4.95. The molecule has 0 N–H and O–H groups in total. The van der Waals surface area contributed by atoms with Gasteiger partial charge in [-0.3, -0.25) is 14.6 Å². The van der Waals surface area contributed by atoms with Crippen LogP contribution in [0.2, 0.25) is 0 Å². The Bertz CT molecular complexity index is 748. The summed E-state index contributed by atoms with van der Waals surface area (Å²) in [7, 11) is 1.88. The maximum absolute atomic E-state index is 13.5. The molecule has 5 nitrogen and oxygen atoms in total. The second-order valence-corrected chi connectivity index (χ2v) is 7.16. The summed E-state index contributed by atoms with van der Waals surface area (Å²) in [6, 6.07) is 16.8. The molecule has 150 valence electrons. The number of hydrogen-bond acceptors (Lipinski definition) is 4. The summed E-state index contributed by atoms with van der Waals surface area (Å²) in [6.45, 7) is 5.47.